The molecule has 4 nitrogen and oxygen atoms in total. The fraction of sp³-hybridized carbons (Fsp3) is 0.250. The van der Waals surface area contributed by atoms with Crippen LogP contribution in [0, 0.1) is 0 Å². The zero-order valence-electron chi connectivity index (χ0n) is 22.6. The maximum atomic E-state index is 5.51. The third-order valence-corrected chi connectivity index (χ3v) is 5.25. The van der Waals surface area contributed by atoms with Crippen LogP contribution in [0.4, 0.5) is 0 Å². The van der Waals surface area contributed by atoms with Crippen LogP contribution in [-0.4, -0.2) is 26.4 Å². The van der Waals surface area contributed by atoms with Crippen LogP contribution >= 0.6 is 23.3 Å². The van der Waals surface area contributed by atoms with E-state index >= 15 is 0 Å². The van der Waals surface area contributed by atoms with Crippen molar-refractivity contribution in [3.63, 3.8) is 0 Å². The Kier molecular flexibility index (Phi) is 14.8. The van der Waals surface area contributed by atoms with E-state index in [2.05, 4.69) is 71.9 Å². The van der Waals surface area contributed by atoms with Crippen LogP contribution in [0.25, 0.3) is 22.3 Å². The van der Waals surface area contributed by atoms with Crippen molar-refractivity contribution in [2.75, 3.05) is 26.4 Å². The molecule has 6 heteroatoms. The van der Waals surface area contributed by atoms with Crippen LogP contribution < -0.4 is 18.9 Å². The molecule has 0 bridgehead atoms. The Balaban J connectivity index is 0.000000251. The second-order valence-electron chi connectivity index (χ2n) is 7.84. The highest BCUT2D eigenvalue weighted by atomic mass is 33.1. The summed E-state index contributed by atoms with van der Waals surface area (Å²) in [6, 6.07) is 32.4. The molecule has 4 aromatic carbocycles. The molecule has 0 aliphatic carbocycles. The van der Waals surface area contributed by atoms with Gasteiger partial charge in [0, 0.05) is 0 Å². The number of hydrogen-bond acceptors (Lipinski definition) is 6. The Morgan fingerprint density at radius 3 is 0.789 bits per heavy atom. The first kappa shape index (κ1) is 31.0. The molecule has 0 fully saturated rings. The first-order chi connectivity index (χ1) is 18.7. The van der Waals surface area contributed by atoms with E-state index in [9.17, 15) is 0 Å². The number of rotatable bonds is 10. The molecule has 0 aromatic heterocycles. The number of hydrogen-bond donors (Lipinski definition) is 2. The lowest BCUT2D eigenvalue weighted by Gasteiger charge is -2.08. The molecule has 0 heterocycles. The van der Waals surface area contributed by atoms with Crippen LogP contribution in [0.2, 0.25) is 0 Å². The van der Waals surface area contributed by atoms with E-state index in [1.807, 2.05) is 76.2 Å². The number of thiol groups is 2. The molecule has 0 radical (unpaired) electrons. The maximum absolute atomic E-state index is 5.51. The Labute approximate surface area is 238 Å². The van der Waals surface area contributed by atoms with Crippen molar-refractivity contribution >= 4 is 23.3 Å². The van der Waals surface area contributed by atoms with Crippen molar-refractivity contribution in [2.45, 2.75) is 27.7 Å². The van der Waals surface area contributed by atoms with Gasteiger partial charge in [0.1, 0.15) is 23.0 Å². The SMILES string of the molecule is CCOc1cccc(-c2cccc(OCC)c2)c1.CCOc1cccc(-c2cccc(OCC)c2)c1.SS. The van der Waals surface area contributed by atoms with Gasteiger partial charge in [-0.15, -0.1) is 23.3 Å². The molecule has 0 saturated heterocycles. The zero-order chi connectivity index (χ0) is 27.6. The minimum absolute atomic E-state index is 0.683. The van der Waals surface area contributed by atoms with Gasteiger partial charge in [-0.05, 0) is 98.5 Å². The van der Waals surface area contributed by atoms with E-state index in [-0.39, 0.29) is 0 Å². The fourth-order valence-electron chi connectivity index (χ4n) is 3.73. The predicted molar refractivity (Wildman–Crippen MR) is 166 cm³/mol. The summed E-state index contributed by atoms with van der Waals surface area (Å²) in [7, 11) is 0. The third kappa shape index (κ3) is 10.3. The first-order valence-corrected chi connectivity index (χ1v) is 14.4. The Morgan fingerprint density at radius 1 is 0.395 bits per heavy atom. The molecule has 4 rings (SSSR count). The van der Waals surface area contributed by atoms with Crippen molar-refractivity contribution in [1.29, 1.82) is 0 Å². The molecule has 0 saturated carbocycles. The van der Waals surface area contributed by atoms with Crippen molar-refractivity contribution < 1.29 is 18.9 Å². The van der Waals surface area contributed by atoms with Gasteiger partial charge in [0.05, 0.1) is 26.4 Å². The topological polar surface area (TPSA) is 36.9 Å². The highest BCUT2D eigenvalue weighted by Crippen LogP contribution is 2.28. The molecule has 0 amide bonds. The van der Waals surface area contributed by atoms with E-state index in [1.54, 1.807) is 0 Å². The molecule has 202 valence electrons. The quantitative estimate of drug-likeness (QED) is 0.153. The lowest BCUT2D eigenvalue weighted by molar-refractivity contribution is 0.339. The summed E-state index contributed by atoms with van der Waals surface area (Å²) in [6.45, 7) is 10.7. The highest BCUT2D eigenvalue weighted by Gasteiger charge is 2.03. The molecular formula is C32H38O4S2. The van der Waals surface area contributed by atoms with Crippen molar-refractivity contribution in [2.24, 2.45) is 0 Å². The second-order valence-corrected chi connectivity index (χ2v) is 7.84. The van der Waals surface area contributed by atoms with Crippen LogP contribution in [0.5, 0.6) is 23.0 Å². The average molecular weight is 551 g/mol. The van der Waals surface area contributed by atoms with Gasteiger partial charge in [0.15, 0.2) is 0 Å². The molecular weight excluding hydrogens is 512 g/mol. The van der Waals surface area contributed by atoms with E-state index in [1.165, 1.54) is 0 Å². The summed E-state index contributed by atoms with van der Waals surface area (Å²) >= 11 is 6.44. The Morgan fingerprint density at radius 2 is 0.605 bits per heavy atom. The first-order valence-electron chi connectivity index (χ1n) is 12.8. The maximum Gasteiger partial charge on any atom is 0.119 e. The standard InChI is InChI=1S/2C16H18O2.H2S2/c2*1-3-17-15-9-5-7-13(11-15)14-8-6-10-16(12-14)18-4-2;1-2/h2*5-12H,3-4H2,1-2H3;1-2H. The third-order valence-electron chi connectivity index (χ3n) is 5.25. The second kappa shape index (κ2) is 18.1. The normalized spacial score (nSPS) is 9.74. The summed E-state index contributed by atoms with van der Waals surface area (Å²) in [5.74, 6) is 3.60. The van der Waals surface area contributed by atoms with Crippen LogP contribution in [0.3, 0.4) is 0 Å². The molecule has 0 aliphatic rings. The molecule has 0 unspecified atom stereocenters. The number of benzene rings is 4. The Hall–Kier alpha value is -3.22. The van der Waals surface area contributed by atoms with Crippen LogP contribution in [0.1, 0.15) is 27.7 Å². The largest absolute Gasteiger partial charge is 0.494 e. The fourth-order valence-corrected chi connectivity index (χ4v) is 3.73. The summed E-state index contributed by atoms with van der Waals surface area (Å²) in [4.78, 5) is 0. The molecule has 38 heavy (non-hydrogen) atoms. The van der Waals surface area contributed by atoms with E-state index in [0.717, 1.165) is 45.3 Å². The van der Waals surface area contributed by atoms with E-state index in [0.29, 0.717) is 26.4 Å². The van der Waals surface area contributed by atoms with Gasteiger partial charge in [-0.2, -0.15) is 0 Å². The zero-order valence-corrected chi connectivity index (χ0v) is 24.4. The van der Waals surface area contributed by atoms with Gasteiger partial charge in [-0.1, -0.05) is 48.5 Å². The van der Waals surface area contributed by atoms with E-state index < -0.39 is 0 Å². The van der Waals surface area contributed by atoms with E-state index in [4.69, 9.17) is 18.9 Å². The lowest BCUT2D eigenvalue weighted by Crippen LogP contribution is -1.92. The van der Waals surface area contributed by atoms with Gasteiger partial charge in [-0.25, -0.2) is 0 Å². The highest BCUT2D eigenvalue weighted by molar-refractivity contribution is 8.59. The van der Waals surface area contributed by atoms with Gasteiger partial charge >= 0.3 is 0 Å². The van der Waals surface area contributed by atoms with Gasteiger partial charge < -0.3 is 18.9 Å². The van der Waals surface area contributed by atoms with Crippen LogP contribution in [-0.2, 0) is 0 Å². The van der Waals surface area contributed by atoms with Crippen molar-refractivity contribution in [3.8, 4) is 45.3 Å². The minimum Gasteiger partial charge on any atom is -0.494 e. The average Bonchev–Trinajstić information content (AvgIpc) is 2.96. The summed E-state index contributed by atoms with van der Waals surface area (Å²) < 4.78 is 22.1. The summed E-state index contributed by atoms with van der Waals surface area (Å²) in [6.07, 6.45) is 0. The molecule has 0 aliphatic heterocycles. The molecule has 0 N–H and O–H groups in total. The van der Waals surface area contributed by atoms with Gasteiger partial charge in [0.2, 0.25) is 0 Å². The van der Waals surface area contributed by atoms with Crippen LogP contribution in [0.15, 0.2) is 97.1 Å². The monoisotopic (exact) mass is 550 g/mol. The van der Waals surface area contributed by atoms with Gasteiger partial charge in [-0.3, -0.25) is 0 Å². The lowest BCUT2D eigenvalue weighted by atomic mass is 10.1. The summed E-state index contributed by atoms with van der Waals surface area (Å²) in [5.41, 5.74) is 4.56. The molecule has 0 atom stereocenters. The molecule has 0 spiro atoms. The Bertz CT molecular complexity index is 1020. The smallest absolute Gasteiger partial charge is 0.119 e. The predicted octanol–water partition coefficient (Wildman–Crippen LogP) is 9.06. The van der Waals surface area contributed by atoms with Crippen molar-refractivity contribution in [1.82, 2.24) is 0 Å². The summed E-state index contributed by atoms with van der Waals surface area (Å²) in [5, 5.41) is 0. The van der Waals surface area contributed by atoms with Gasteiger partial charge in [0.25, 0.3) is 0 Å². The number of ether oxygens (including phenoxy) is 4. The molecule has 4 aromatic rings. The minimum atomic E-state index is 0.683. The van der Waals surface area contributed by atoms with Crippen molar-refractivity contribution in [3.05, 3.63) is 97.1 Å².